The molecular formula is C9H9N3. The van der Waals surface area contributed by atoms with Crippen molar-refractivity contribution < 1.29 is 0 Å². The summed E-state index contributed by atoms with van der Waals surface area (Å²) in [5.74, 6) is 4.99. The van der Waals surface area contributed by atoms with Crippen LogP contribution in [-0.4, -0.2) is 9.78 Å². The highest BCUT2D eigenvalue weighted by Crippen LogP contribution is 2.03. The molecule has 0 radical (unpaired) electrons. The highest BCUT2D eigenvalue weighted by atomic mass is 15.3. The molecule has 1 rings (SSSR count). The van der Waals surface area contributed by atoms with Gasteiger partial charge in [-0.15, -0.1) is 0 Å². The fourth-order valence-electron chi connectivity index (χ4n) is 0.785. The van der Waals surface area contributed by atoms with Crippen molar-refractivity contribution in [3.63, 3.8) is 0 Å². The summed E-state index contributed by atoms with van der Waals surface area (Å²) in [6, 6.07) is 2.09. The van der Waals surface area contributed by atoms with Crippen LogP contribution < -0.4 is 0 Å². The van der Waals surface area contributed by atoms with E-state index in [0.29, 0.717) is 6.04 Å². The zero-order chi connectivity index (χ0) is 8.97. The summed E-state index contributed by atoms with van der Waals surface area (Å²) < 4.78 is 1.81. The zero-order valence-corrected chi connectivity index (χ0v) is 7.07. The Hall–Kier alpha value is -1.74. The van der Waals surface area contributed by atoms with Crippen molar-refractivity contribution in [1.82, 2.24) is 9.78 Å². The van der Waals surface area contributed by atoms with E-state index in [0.717, 1.165) is 5.56 Å². The Morgan fingerprint density at radius 3 is 2.83 bits per heavy atom. The molecule has 0 saturated heterocycles. The van der Waals surface area contributed by atoms with Gasteiger partial charge in [0.2, 0.25) is 0 Å². The molecule has 0 unspecified atom stereocenters. The molecule has 0 aromatic carbocycles. The maximum absolute atomic E-state index is 8.19. The largest absolute Gasteiger partial charge is 0.269 e. The van der Waals surface area contributed by atoms with Gasteiger partial charge in [0.25, 0.3) is 0 Å². The Morgan fingerprint density at radius 2 is 2.33 bits per heavy atom. The first kappa shape index (κ1) is 8.36. The standard InChI is InChI=1S/C9H9N3/c1-8(2)12-7-9(6-11-12)4-3-5-10/h6-8H,1-2H3. The van der Waals surface area contributed by atoms with Crippen LogP contribution in [0.3, 0.4) is 0 Å². The number of nitrogens with zero attached hydrogens (tertiary/aromatic N) is 3. The molecule has 60 valence electrons. The first-order valence-electron chi connectivity index (χ1n) is 3.68. The molecule has 0 saturated carbocycles. The highest BCUT2D eigenvalue weighted by Gasteiger charge is 1.97. The molecule has 0 amide bonds. The van der Waals surface area contributed by atoms with Crippen LogP contribution in [0.15, 0.2) is 12.4 Å². The summed E-state index contributed by atoms with van der Waals surface area (Å²) >= 11 is 0. The number of rotatable bonds is 1. The second kappa shape index (κ2) is 3.59. The first-order valence-corrected chi connectivity index (χ1v) is 3.68. The lowest BCUT2D eigenvalue weighted by Crippen LogP contribution is -1.99. The molecule has 1 heterocycles. The van der Waals surface area contributed by atoms with Gasteiger partial charge in [0.05, 0.1) is 11.8 Å². The van der Waals surface area contributed by atoms with Gasteiger partial charge in [0.15, 0.2) is 6.07 Å². The second-order valence-corrected chi connectivity index (χ2v) is 2.66. The molecule has 0 spiro atoms. The minimum atomic E-state index is 0.336. The van der Waals surface area contributed by atoms with Gasteiger partial charge in [0.1, 0.15) is 0 Å². The zero-order valence-electron chi connectivity index (χ0n) is 7.07. The number of aromatic nitrogens is 2. The van der Waals surface area contributed by atoms with E-state index in [2.05, 4.69) is 16.9 Å². The van der Waals surface area contributed by atoms with Crippen molar-refractivity contribution in [2.24, 2.45) is 0 Å². The summed E-state index contributed by atoms with van der Waals surface area (Å²) in [5.41, 5.74) is 0.783. The second-order valence-electron chi connectivity index (χ2n) is 2.66. The van der Waals surface area contributed by atoms with Gasteiger partial charge in [-0.2, -0.15) is 10.4 Å². The number of nitriles is 1. The van der Waals surface area contributed by atoms with Crippen LogP contribution in [0.4, 0.5) is 0 Å². The van der Waals surface area contributed by atoms with E-state index in [1.54, 1.807) is 16.9 Å². The summed E-state index contributed by atoms with van der Waals surface area (Å²) in [4.78, 5) is 0. The number of hydrogen-bond donors (Lipinski definition) is 0. The molecule has 1 aromatic rings. The highest BCUT2D eigenvalue weighted by molar-refractivity contribution is 5.34. The van der Waals surface area contributed by atoms with Crippen molar-refractivity contribution in [1.29, 1.82) is 5.26 Å². The van der Waals surface area contributed by atoms with E-state index in [1.165, 1.54) is 0 Å². The maximum Gasteiger partial charge on any atom is 0.152 e. The molecule has 0 N–H and O–H groups in total. The molecule has 12 heavy (non-hydrogen) atoms. The summed E-state index contributed by atoms with van der Waals surface area (Å²) in [7, 11) is 0. The minimum absolute atomic E-state index is 0.336. The molecule has 0 aliphatic carbocycles. The van der Waals surface area contributed by atoms with Crippen LogP contribution in [0.25, 0.3) is 0 Å². The van der Waals surface area contributed by atoms with E-state index >= 15 is 0 Å². The third-order valence-electron chi connectivity index (χ3n) is 1.39. The molecule has 0 aliphatic rings. The lowest BCUT2D eigenvalue weighted by molar-refractivity contribution is 0.532. The van der Waals surface area contributed by atoms with Crippen molar-refractivity contribution in [3.8, 4) is 17.9 Å². The maximum atomic E-state index is 8.19. The van der Waals surface area contributed by atoms with Gasteiger partial charge < -0.3 is 0 Å². The summed E-state index contributed by atoms with van der Waals surface area (Å²) in [6.07, 6.45) is 3.49. The lowest BCUT2D eigenvalue weighted by Gasteiger charge is -2.01. The Balaban J connectivity index is 2.86. The van der Waals surface area contributed by atoms with Gasteiger partial charge in [-0.1, -0.05) is 0 Å². The Morgan fingerprint density at radius 1 is 1.58 bits per heavy atom. The predicted octanol–water partition coefficient (Wildman–Crippen LogP) is 1.34. The fraction of sp³-hybridized carbons (Fsp3) is 0.333. The molecular weight excluding hydrogens is 150 g/mol. The monoisotopic (exact) mass is 159 g/mol. The van der Waals surface area contributed by atoms with E-state index in [4.69, 9.17) is 5.26 Å². The number of hydrogen-bond acceptors (Lipinski definition) is 2. The van der Waals surface area contributed by atoms with E-state index in [1.807, 2.05) is 20.0 Å². The quantitative estimate of drug-likeness (QED) is 0.580. The van der Waals surface area contributed by atoms with Crippen LogP contribution in [0.5, 0.6) is 0 Å². The topological polar surface area (TPSA) is 41.6 Å². The van der Waals surface area contributed by atoms with Crippen LogP contribution in [0, 0.1) is 23.2 Å². The third-order valence-corrected chi connectivity index (χ3v) is 1.39. The van der Waals surface area contributed by atoms with Crippen molar-refractivity contribution in [2.45, 2.75) is 19.9 Å². The van der Waals surface area contributed by atoms with Crippen LogP contribution in [-0.2, 0) is 0 Å². The Bertz CT molecular complexity index is 357. The minimum Gasteiger partial charge on any atom is -0.269 e. The summed E-state index contributed by atoms with van der Waals surface area (Å²) in [5, 5.41) is 12.3. The van der Waals surface area contributed by atoms with Gasteiger partial charge in [0, 0.05) is 18.2 Å². The van der Waals surface area contributed by atoms with Crippen molar-refractivity contribution in [2.75, 3.05) is 0 Å². The van der Waals surface area contributed by atoms with Gasteiger partial charge in [-0.05, 0) is 19.8 Å². The van der Waals surface area contributed by atoms with E-state index in [-0.39, 0.29) is 0 Å². The van der Waals surface area contributed by atoms with E-state index < -0.39 is 0 Å². The lowest BCUT2D eigenvalue weighted by atomic mass is 10.3. The molecule has 1 aromatic heterocycles. The molecule has 0 aliphatic heterocycles. The average Bonchev–Trinajstić information content (AvgIpc) is 2.48. The Kier molecular flexibility index (Phi) is 2.50. The average molecular weight is 159 g/mol. The van der Waals surface area contributed by atoms with Crippen LogP contribution in [0.1, 0.15) is 25.5 Å². The predicted molar refractivity (Wildman–Crippen MR) is 45.1 cm³/mol. The van der Waals surface area contributed by atoms with Gasteiger partial charge in [-0.3, -0.25) is 4.68 Å². The molecule has 3 heteroatoms. The van der Waals surface area contributed by atoms with Gasteiger partial charge >= 0.3 is 0 Å². The SMILES string of the molecule is CC(C)n1cc(C#CC#N)cn1. The van der Waals surface area contributed by atoms with Gasteiger partial charge in [-0.25, -0.2) is 0 Å². The summed E-state index contributed by atoms with van der Waals surface area (Å²) in [6.45, 7) is 4.07. The van der Waals surface area contributed by atoms with Crippen LogP contribution in [0.2, 0.25) is 0 Å². The van der Waals surface area contributed by atoms with E-state index in [9.17, 15) is 0 Å². The molecule has 0 fully saturated rings. The normalized spacial score (nSPS) is 8.83. The third kappa shape index (κ3) is 1.87. The fourth-order valence-corrected chi connectivity index (χ4v) is 0.785. The van der Waals surface area contributed by atoms with Crippen LogP contribution >= 0.6 is 0 Å². The molecule has 3 nitrogen and oxygen atoms in total. The molecule has 0 bridgehead atoms. The Labute approximate surface area is 71.6 Å². The van der Waals surface area contributed by atoms with Crippen molar-refractivity contribution in [3.05, 3.63) is 18.0 Å². The molecule has 0 atom stereocenters. The smallest absolute Gasteiger partial charge is 0.152 e. The first-order chi connectivity index (χ1) is 5.74. The van der Waals surface area contributed by atoms with Crippen molar-refractivity contribution >= 4 is 0 Å².